The third kappa shape index (κ3) is 6.71. The van der Waals surface area contributed by atoms with Crippen LogP contribution >= 0.6 is 0 Å². The van der Waals surface area contributed by atoms with Crippen LogP contribution < -0.4 is 5.32 Å². The molecule has 23 heavy (non-hydrogen) atoms. The van der Waals surface area contributed by atoms with E-state index < -0.39 is 6.10 Å². The Morgan fingerprint density at radius 2 is 2.13 bits per heavy atom. The van der Waals surface area contributed by atoms with Gasteiger partial charge in [-0.1, -0.05) is 36.8 Å². The number of aliphatic hydroxyl groups excluding tert-OH is 1. The van der Waals surface area contributed by atoms with Crippen LogP contribution in [-0.4, -0.2) is 48.2 Å². The lowest BCUT2D eigenvalue weighted by molar-refractivity contribution is -0.121. The standard InChI is InChI=1S/C19H30N2O2/c1-15-8-10-21(11-9-15)14-18(22)13-20-19(23)7-6-17-5-3-4-16(2)12-17/h3-5,12,15,18,22H,6-11,13-14H2,1-2H3,(H,20,23). The van der Waals surface area contributed by atoms with Crippen molar-refractivity contribution in [2.24, 2.45) is 5.92 Å². The Morgan fingerprint density at radius 3 is 2.83 bits per heavy atom. The van der Waals surface area contributed by atoms with Crippen LogP contribution in [0.25, 0.3) is 0 Å². The van der Waals surface area contributed by atoms with E-state index in [1.807, 2.05) is 12.1 Å². The van der Waals surface area contributed by atoms with E-state index in [-0.39, 0.29) is 5.91 Å². The predicted octanol–water partition coefficient (Wildman–Crippen LogP) is 2.14. The van der Waals surface area contributed by atoms with Crippen LogP contribution in [0.3, 0.4) is 0 Å². The van der Waals surface area contributed by atoms with Crippen molar-refractivity contribution in [1.29, 1.82) is 0 Å². The van der Waals surface area contributed by atoms with Gasteiger partial charge in [-0.05, 0) is 50.8 Å². The minimum absolute atomic E-state index is 0.0119. The SMILES string of the molecule is Cc1cccc(CCC(=O)NCC(O)CN2CCC(C)CC2)c1. The van der Waals surface area contributed by atoms with Crippen LogP contribution in [0.4, 0.5) is 0 Å². The zero-order valence-electron chi connectivity index (χ0n) is 14.4. The number of carbonyl (C=O) groups excluding carboxylic acids is 1. The van der Waals surface area contributed by atoms with Crippen LogP contribution in [0.1, 0.15) is 37.3 Å². The molecule has 1 aromatic rings. The van der Waals surface area contributed by atoms with Gasteiger partial charge in [0.25, 0.3) is 0 Å². The molecule has 1 atom stereocenters. The molecule has 0 aliphatic carbocycles. The molecule has 1 saturated heterocycles. The second-order valence-electron chi connectivity index (χ2n) is 6.93. The number of nitrogens with zero attached hydrogens (tertiary/aromatic N) is 1. The first-order valence-corrected chi connectivity index (χ1v) is 8.75. The second kappa shape index (κ2) is 9.04. The summed E-state index contributed by atoms with van der Waals surface area (Å²) in [5.41, 5.74) is 2.40. The minimum atomic E-state index is -0.480. The highest BCUT2D eigenvalue weighted by Gasteiger charge is 2.18. The maximum atomic E-state index is 11.9. The van der Waals surface area contributed by atoms with E-state index in [4.69, 9.17) is 0 Å². The van der Waals surface area contributed by atoms with Crippen LogP contribution in [0.5, 0.6) is 0 Å². The summed E-state index contributed by atoms with van der Waals surface area (Å²) in [6.45, 7) is 7.45. The fourth-order valence-corrected chi connectivity index (χ4v) is 3.05. The van der Waals surface area contributed by atoms with Crippen molar-refractivity contribution in [2.75, 3.05) is 26.2 Å². The zero-order valence-corrected chi connectivity index (χ0v) is 14.4. The summed E-state index contributed by atoms with van der Waals surface area (Å²) in [5, 5.41) is 12.9. The number of hydrogen-bond donors (Lipinski definition) is 2. The molecule has 0 saturated carbocycles. The summed E-state index contributed by atoms with van der Waals surface area (Å²) in [7, 11) is 0. The summed E-state index contributed by atoms with van der Waals surface area (Å²) in [6.07, 6.45) is 3.14. The Balaban J connectivity index is 1.62. The third-order valence-corrected chi connectivity index (χ3v) is 4.60. The van der Waals surface area contributed by atoms with E-state index >= 15 is 0 Å². The number of hydrogen-bond acceptors (Lipinski definition) is 3. The molecule has 0 radical (unpaired) electrons. The first kappa shape index (κ1) is 18.0. The van der Waals surface area contributed by atoms with Gasteiger partial charge in [-0.3, -0.25) is 4.79 Å². The van der Waals surface area contributed by atoms with Gasteiger partial charge in [0.05, 0.1) is 6.10 Å². The average molecular weight is 318 g/mol. The molecule has 1 unspecified atom stereocenters. The Hall–Kier alpha value is -1.39. The summed E-state index contributed by atoms with van der Waals surface area (Å²) in [5.74, 6) is 0.808. The van der Waals surface area contributed by atoms with Gasteiger partial charge < -0.3 is 15.3 Å². The fourth-order valence-electron chi connectivity index (χ4n) is 3.05. The van der Waals surface area contributed by atoms with Gasteiger partial charge >= 0.3 is 0 Å². The molecular formula is C19H30N2O2. The smallest absolute Gasteiger partial charge is 0.220 e. The number of benzene rings is 1. The van der Waals surface area contributed by atoms with Crippen LogP contribution in [0.15, 0.2) is 24.3 Å². The lowest BCUT2D eigenvalue weighted by atomic mass is 9.99. The van der Waals surface area contributed by atoms with Crippen molar-refractivity contribution in [3.05, 3.63) is 35.4 Å². The van der Waals surface area contributed by atoms with E-state index in [2.05, 4.69) is 36.2 Å². The van der Waals surface area contributed by atoms with E-state index in [9.17, 15) is 9.90 Å². The van der Waals surface area contributed by atoms with Crippen molar-refractivity contribution in [3.63, 3.8) is 0 Å². The first-order chi connectivity index (χ1) is 11.0. The number of amides is 1. The third-order valence-electron chi connectivity index (χ3n) is 4.60. The Bertz CT molecular complexity index is 496. The van der Waals surface area contributed by atoms with Crippen LogP contribution in [0, 0.1) is 12.8 Å². The van der Waals surface area contributed by atoms with Gasteiger partial charge in [0.1, 0.15) is 0 Å². The molecule has 2 rings (SSSR count). The molecule has 4 heteroatoms. The van der Waals surface area contributed by atoms with E-state index in [1.54, 1.807) is 0 Å². The van der Waals surface area contributed by atoms with Gasteiger partial charge in [0.2, 0.25) is 5.91 Å². The first-order valence-electron chi connectivity index (χ1n) is 8.75. The molecular weight excluding hydrogens is 288 g/mol. The molecule has 1 aliphatic rings. The molecule has 2 N–H and O–H groups in total. The number of aryl methyl sites for hydroxylation is 2. The lowest BCUT2D eigenvalue weighted by Gasteiger charge is -2.31. The monoisotopic (exact) mass is 318 g/mol. The quantitative estimate of drug-likeness (QED) is 0.810. The molecule has 1 fully saturated rings. The zero-order chi connectivity index (χ0) is 16.7. The molecule has 1 aliphatic heterocycles. The summed E-state index contributed by atoms with van der Waals surface area (Å²) < 4.78 is 0. The van der Waals surface area contributed by atoms with Crippen molar-refractivity contribution >= 4 is 5.91 Å². The second-order valence-corrected chi connectivity index (χ2v) is 6.93. The largest absolute Gasteiger partial charge is 0.390 e. The van der Waals surface area contributed by atoms with Crippen molar-refractivity contribution in [1.82, 2.24) is 10.2 Å². The Morgan fingerprint density at radius 1 is 1.39 bits per heavy atom. The van der Waals surface area contributed by atoms with Crippen LogP contribution in [-0.2, 0) is 11.2 Å². The van der Waals surface area contributed by atoms with Crippen LogP contribution in [0.2, 0.25) is 0 Å². The van der Waals surface area contributed by atoms with Gasteiger partial charge in [0, 0.05) is 19.5 Å². The number of nitrogens with one attached hydrogen (secondary N) is 1. The Labute approximate surface area is 139 Å². The van der Waals surface area contributed by atoms with Crippen molar-refractivity contribution < 1.29 is 9.90 Å². The van der Waals surface area contributed by atoms with E-state index in [0.717, 1.165) is 25.4 Å². The predicted molar refractivity (Wildman–Crippen MR) is 93.4 cm³/mol. The molecule has 1 heterocycles. The average Bonchev–Trinajstić information content (AvgIpc) is 2.53. The van der Waals surface area contributed by atoms with E-state index in [0.29, 0.717) is 19.5 Å². The molecule has 0 bridgehead atoms. The highest BCUT2D eigenvalue weighted by Crippen LogP contribution is 2.15. The topological polar surface area (TPSA) is 52.6 Å². The number of piperidine rings is 1. The van der Waals surface area contributed by atoms with Gasteiger partial charge in [-0.25, -0.2) is 0 Å². The summed E-state index contributed by atoms with van der Waals surface area (Å²) >= 11 is 0. The number of β-amino-alcohol motifs (C(OH)–C–C–N with tert-alkyl or cyclic N) is 1. The normalized spacial score (nSPS) is 17.9. The van der Waals surface area contributed by atoms with E-state index in [1.165, 1.54) is 24.0 Å². The molecule has 128 valence electrons. The highest BCUT2D eigenvalue weighted by atomic mass is 16.3. The summed E-state index contributed by atoms with van der Waals surface area (Å²) in [4.78, 5) is 14.2. The fraction of sp³-hybridized carbons (Fsp3) is 0.632. The van der Waals surface area contributed by atoms with Gasteiger partial charge in [0.15, 0.2) is 0 Å². The number of likely N-dealkylation sites (tertiary alicyclic amines) is 1. The Kier molecular flexibility index (Phi) is 7.06. The molecule has 1 amide bonds. The highest BCUT2D eigenvalue weighted by molar-refractivity contribution is 5.76. The molecule has 4 nitrogen and oxygen atoms in total. The van der Waals surface area contributed by atoms with Gasteiger partial charge in [-0.2, -0.15) is 0 Å². The molecule has 0 aromatic heterocycles. The minimum Gasteiger partial charge on any atom is -0.390 e. The maximum Gasteiger partial charge on any atom is 0.220 e. The number of carbonyl (C=O) groups is 1. The van der Waals surface area contributed by atoms with Crippen molar-refractivity contribution in [2.45, 2.75) is 45.6 Å². The number of aliphatic hydroxyl groups is 1. The maximum absolute atomic E-state index is 11.9. The lowest BCUT2D eigenvalue weighted by Crippen LogP contribution is -2.43. The summed E-state index contributed by atoms with van der Waals surface area (Å²) in [6, 6.07) is 8.24. The van der Waals surface area contributed by atoms with Crippen molar-refractivity contribution in [3.8, 4) is 0 Å². The van der Waals surface area contributed by atoms with Gasteiger partial charge in [-0.15, -0.1) is 0 Å². The number of rotatable bonds is 7. The molecule has 1 aromatic carbocycles. The molecule has 0 spiro atoms.